The van der Waals surface area contributed by atoms with Gasteiger partial charge in [-0.25, -0.2) is 4.79 Å². The molecule has 0 amide bonds. The number of ether oxygens (including phenoxy) is 4. The molecule has 4 aliphatic carbocycles. The van der Waals surface area contributed by atoms with Crippen LogP contribution in [0.15, 0.2) is 41.5 Å². The average molecular weight is 592 g/mol. The number of hydrogen-bond acceptors (Lipinski definition) is 7. The highest BCUT2D eigenvalue weighted by atomic mass is 16.7. The molecular weight excluding hydrogens is 546 g/mol. The molecule has 1 saturated heterocycles. The van der Waals surface area contributed by atoms with Crippen LogP contribution in [0.4, 0.5) is 0 Å². The van der Waals surface area contributed by atoms with Gasteiger partial charge in [-0.05, 0) is 86.6 Å². The van der Waals surface area contributed by atoms with E-state index in [0.29, 0.717) is 17.2 Å². The monoisotopic (exact) mass is 591 g/mol. The lowest BCUT2D eigenvalue weighted by Gasteiger charge is -2.55. The number of carbonyl (C=O) groups excluding carboxylic acids is 1. The number of hydrogen-bond donors (Lipinski definition) is 2. The summed E-state index contributed by atoms with van der Waals surface area (Å²) in [5.74, 6) is -0.454. The maximum Gasteiger partial charge on any atom is 0.341 e. The lowest BCUT2D eigenvalue weighted by Crippen LogP contribution is -2.69. The molecule has 9 atom stereocenters. The molecule has 8 heteroatoms. The van der Waals surface area contributed by atoms with E-state index in [2.05, 4.69) is 26.8 Å². The van der Waals surface area contributed by atoms with Crippen molar-refractivity contribution >= 4 is 16.9 Å². The van der Waals surface area contributed by atoms with Crippen LogP contribution < -0.4 is 4.74 Å². The SMILES string of the molecule is COc1ccc2c(c1)c(C(=O)O[C@H]1C(C)=C[C@]34C(O)[C@@H](C=C5COC(C)(C)O[C@H]5[C@]13O)[C@H]1[C@@H](C[C@H]4C)C1(C)C)c(C)n2C. The topological polar surface area (TPSA) is 99.4 Å². The zero-order chi connectivity index (χ0) is 31.0. The van der Waals surface area contributed by atoms with E-state index in [1.165, 1.54) is 0 Å². The van der Waals surface area contributed by atoms with Gasteiger partial charge in [-0.3, -0.25) is 0 Å². The molecule has 1 aromatic heterocycles. The van der Waals surface area contributed by atoms with Gasteiger partial charge in [0.15, 0.2) is 11.9 Å². The lowest BCUT2D eigenvalue weighted by atomic mass is 9.58. The molecule has 43 heavy (non-hydrogen) atoms. The van der Waals surface area contributed by atoms with E-state index in [4.69, 9.17) is 18.9 Å². The quantitative estimate of drug-likeness (QED) is 0.380. The summed E-state index contributed by atoms with van der Waals surface area (Å²) in [7, 11) is 3.52. The molecule has 232 valence electrons. The Kier molecular flexibility index (Phi) is 6.06. The highest BCUT2D eigenvalue weighted by Gasteiger charge is 2.77. The van der Waals surface area contributed by atoms with E-state index in [0.717, 1.165) is 34.2 Å². The Labute approximate surface area is 253 Å². The summed E-state index contributed by atoms with van der Waals surface area (Å²) in [6.45, 7) is 14.4. The number of benzene rings is 1. The first-order valence-corrected chi connectivity index (χ1v) is 15.6. The number of aliphatic hydroxyl groups excluding tert-OH is 1. The van der Waals surface area contributed by atoms with E-state index >= 15 is 0 Å². The molecule has 2 heterocycles. The largest absolute Gasteiger partial charge is 0.497 e. The summed E-state index contributed by atoms with van der Waals surface area (Å²) >= 11 is 0. The van der Waals surface area contributed by atoms with Gasteiger partial charge in [0, 0.05) is 29.6 Å². The Bertz CT molecular complexity index is 1600. The van der Waals surface area contributed by atoms with Crippen LogP contribution in [0, 0.1) is 41.4 Å². The number of rotatable bonds is 3. The zero-order valence-corrected chi connectivity index (χ0v) is 26.7. The number of methoxy groups -OCH3 is 1. The molecule has 3 fully saturated rings. The molecule has 5 aliphatic rings. The van der Waals surface area contributed by atoms with Crippen molar-refractivity contribution in [3.63, 3.8) is 0 Å². The fourth-order valence-electron chi connectivity index (χ4n) is 9.71. The molecule has 1 aromatic carbocycles. The molecule has 1 unspecified atom stereocenters. The third kappa shape index (κ3) is 3.61. The predicted molar refractivity (Wildman–Crippen MR) is 162 cm³/mol. The third-order valence-corrected chi connectivity index (χ3v) is 12.1. The van der Waals surface area contributed by atoms with Gasteiger partial charge in [0.25, 0.3) is 0 Å². The Morgan fingerprint density at radius 2 is 1.88 bits per heavy atom. The first-order valence-electron chi connectivity index (χ1n) is 15.6. The molecule has 2 bridgehead atoms. The first kappa shape index (κ1) is 29.1. The Morgan fingerprint density at radius 3 is 2.58 bits per heavy atom. The number of aryl methyl sites for hydroxylation is 1. The van der Waals surface area contributed by atoms with Gasteiger partial charge < -0.3 is 33.7 Å². The minimum atomic E-state index is -1.76. The van der Waals surface area contributed by atoms with Gasteiger partial charge >= 0.3 is 5.97 Å². The van der Waals surface area contributed by atoms with Gasteiger partial charge in [0.05, 0.1) is 30.8 Å². The number of carbonyl (C=O) groups is 1. The van der Waals surface area contributed by atoms with E-state index in [1.54, 1.807) is 7.11 Å². The third-order valence-electron chi connectivity index (χ3n) is 12.1. The summed E-state index contributed by atoms with van der Waals surface area (Å²) in [5.41, 5.74) is 0.826. The van der Waals surface area contributed by atoms with Gasteiger partial charge in [-0.2, -0.15) is 0 Å². The van der Waals surface area contributed by atoms with Crippen molar-refractivity contribution in [1.29, 1.82) is 0 Å². The maximum absolute atomic E-state index is 14.3. The number of nitrogens with zero attached hydrogens (tertiary/aromatic N) is 1. The van der Waals surface area contributed by atoms with E-state index in [-0.39, 0.29) is 29.8 Å². The molecule has 2 N–H and O–H groups in total. The highest BCUT2D eigenvalue weighted by Crippen LogP contribution is 2.73. The summed E-state index contributed by atoms with van der Waals surface area (Å²) < 4.78 is 26.6. The smallest absolute Gasteiger partial charge is 0.341 e. The molecule has 7 rings (SSSR count). The number of esters is 1. The molecule has 8 nitrogen and oxygen atoms in total. The Balaban J connectivity index is 1.38. The predicted octanol–water partition coefficient (Wildman–Crippen LogP) is 5.08. The summed E-state index contributed by atoms with van der Waals surface area (Å²) in [5, 5.41) is 26.6. The van der Waals surface area contributed by atoms with Gasteiger partial charge in [0.1, 0.15) is 17.5 Å². The van der Waals surface area contributed by atoms with Crippen molar-refractivity contribution in [3.8, 4) is 5.75 Å². The minimum Gasteiger partial charge on any atom is -0.497 e. The van der Waals surface area contributed by atoms with Crippen LogP contribution in [0.25, 0.3) is 10.9 Å². The average Bonchev–Trinajstić information content (AvgIpc) is 3.32. The van der Waals surface area contributed by atoms with Crippen LogP contribution >= 0.6 is 0 Å². The first-order chi connectivity index (χ1) is 20.1. The van der Waals surface area contributed by atoms with Crippen molar-refractivity contribution in [2.24, 2.45) is 41.5 Å². The number of fused-ring (bicyclic) bond motifs is 6. The molecule has 1 aliphatic heterocycles. The van der Waals surface area contributed by atoms with Crippen LogP contribution in [0.5, 0.6) is 5.75 Å². The van der Waals surface area contributed by atoms with E-state index in [9.17, 15) is 15.0 Å². The lowest BCUT2D eigenvalue weighted by molar-refractivity contribution is -0.312. The summed E-state index contributed by atoms with van der Waals surface area (Å²) in [4.78, 5) is 14.3. The molecule has 1 spiro atoms. The molecule has 0 radical (unpaired) electrons. The molecule has 2 aromatic rings. The Morgan fingerprint density at radius 1 is 1.16 bits per heavy atom. The second kappa shape index (κ2) is 8.96. The summed E-state index contributed by atoms with van der Waals surface area (Å²) in [6, 6.07) is 5.64. The van der Waals surface area contributed by atoms with Gasteiger partial charge in [-0.15, -0.1) is 0 Å². The van der Waals surface area contributed by atoms with Crippen LogP contribution in [0.3, 0.4) is 0 Å². The Hall–Kier alpha value is -2.65. The molecule has 2 saturated carbocycles. The van der Waals surface area contributed by atoms with Crippen LogP contribution in [-0.2, 0) is 21.3 Å². The van der Waals surface area contributed by atoms with Crippen molar-refractivity contribution in [2.75, 3.05) is 13.7 Å². The fourth-order valence-corrected chi connectivity index (χ4v) is 9.71. The second-order valence-electron chi connectivity index (χ2n) is 14.9. The van der Waals surface area contributed by atoms with Crippen LogP contribution in [0.1, 0.15) is 64.0 Å². The zero-order valence-electron chi connectivity index (χ0n) is 26.7. The molecular formula is C35H45NO7. The van der Waals surface area contributed by atoms with E-state index < -0.39 is 41.1 Å². The van der Waals surface area contributed by atoms with Crippen LogP contribution in [0.2, 0.25) is 0 Å². The maximum atomic E-state index is 14.3. The van der Waals surface area contributed by atoms with Crippen LogP contribution in [-0.4, -0.2) is 64.2 Å². The summed E-state index contributed by atoms with van der Waals surface area (Å²) in [6.07, 6.45) is 2.23. The standard InChI is InChI=1S/C35H45NO7/c1-17-15-34-18(2)12-24-27(32(24,4)5)23(28(34)37)13-20-16-41-33(6,7)43-30(20)35(34,39)29(17)42-31(38)26-19(3)36(8)25-11-10-21(40-9)14-22(25)26/h10-11,13-15,18,23-24,27-30,37,39H,12,16H2,1-9H3/t18-,23+,24-,27+,28?,29+,30-,34+,35-/m1/s1. The van der Waals surface area contributed by atoms with Crippen molar-refractivity contribution in [2.45, 2.75) is 84.6 Å². The number of aromatic nitrogens is 1. The van der Waals surface area contributed by atoms with Gasteiger partial charge in [-0.1, -0.05) is 32.9 Å². The fraction of sp³-hybridized carbons (Fsp3) is 0.629. The van der Waals surface area contributed by atoms with E-state index in [1.807, 2.05) is 63.6 Å². The number of aliphatic hydroxyl groups is 2. The van der Waals surface area contributed by atoms with Crippen molar-refractivity contribution in [3.05, 3.63) is 52.8 Å². The van der Waals surface area contributed by atoms with Crippen molar-refractivity contribution in [1.82, 2.24) is 4.57 Å². The van der Waals surface area contributed by atoms with Crippen molar-refractivity contribution < 1.29 is 34.0 Å². The highest BCUT2D eigenvalue weighted by molar-refractivity contribution is 6.06. The second-order valence-corrected chi connectivity index (χ2v) is 14.9. The minimum absolute atomic E-state index is 0.0857. The van der Waals surface area contributed by atoms with Gasteiger partial charge in [0.2, 0.25) is 0 Å². The normalized spacial score (nSPS) is 40.3.